The summed E-state index contributed by atoms with van der Waals surface area (Å²) in [6, 6.07) is 11.3. The molecule has 1 aromatic heterocycles. The van der Waals surface area contributed by atoms with Crippen LogP contribution in [0.2, 0.25) is 0 Å². The van der Waals surface area contributed by atoms with E-state index in [-0.39, 0.29) is 19.1 Å². The minimum atomic E-state index is -0.244. The molecule has 1 amide bonds. The van der Waals surface area contributed by atoms with Crippen LogP contribution < -0.4 is 5.32 Å². The lowest BCUT2D eigenvalue weighted by Crippen LogP contribution is -2.36. The molecular formula is C17H21N5O2. The van der Waals surface area contributed by atoms with Crippen LogP contribution in [0.25, 0.3) is 5.69 Å². The van der Waals surface area contributed by atoms with Crippen LogP contribution in [0.3, 0.4) is 0 Å². The summed E-state index contributed by atoms with van der Waals surface area (Å²) in [5.41, 5.74) is 1.06. The second-order valence-corrected chi connectivity index (χ2v) is 5.31. The van der Waals surface area contributed by atoms with Crippen LogP contribution in [0.4, 0.5) is 5.82 Å². The molecule has 0 fully saturated rings. The third-order valence-electron chi connectivity index (χ3n) is 3.47. The molecule has 0 saturated heterocycles. The number of carbonyl (C=O) groups excluding carboxylic acids is 1. The van der Waals surface area contributed by atoms with Crippen molar-refractivity contribution < 1.29 is 9.90 Å². The summed E-state index contributed by atoms with van der Waals surface area (Å²) in [6.07, 6.45) is 2.32. The average Bonchev–Trinajstić information content (AvgIpc) is 2.98. The molecule has 2 aromatic rings. The Morgan fingerprint density at radius 1 is 1.38 bits per heavy atom. The zero-order valence-corrected chi connectivity index (χ0v) is 13.6. The molecule has 0 atom stereocenters. The number of rotatable bonds is 8. The summed E-state index contributed by atoms with van der Waals surface area (Å²) in [4.78, 5) is 14.2. The fraction of sp³-hybridized carbons (Fsp3) is 0.353. The van der Waals surface area contributed by atoms with Crippen molar-refractivity contribution in [1.82, 2.24) is 14.7 Å². The molecule has 126 valence electrons. The van der Waals surface area contributed by atoms with E-state index in [0.29, 0.717) is 17.9 Å². The number of nitrogens with one attached hydrogen (secondary N) is 1. The first-order valence-electron chi connectivity index (χ1n) is 7.86. The largest absolute Gasteiger partial charge is 0.395 e. The number of para-hydroxylation sites is 1. The van der Waals surface area contributed by atoms with Gasteiger partial charge in [0.2, 0.25) is 5.91 Å². The number of aliphatic hydroxyl groups is 1. The van der Waals surface area contributed by atoms with Gasteiger partial charge in [-0.15, -0.1) is 0 Å². The number of hydrogen-bond donors (Lipinski definition) is 2. The molecule has 0 aliphatic rings. The fourth-order valence-corrected chi connectivity index (χ4v) is 2.42. The molecule has 0 aliphatic heterocycles. The van der Waals surface area contributed by atoms with E-state index in [0.717, 1.165) is 18.7 Å². The Balaban J connectivity index is 2.18. The molecule has 7 heteroatoms. The molecule has 0 bridgehead atoms. The minimum Gasteiger partial charge on any atom is -0.395 e. The summed E-state index contributed by atoms with van der Waals surface area (Å²) in [5, 5.41) is 25.3. The summed E-state index contributed by atoms with van der Waals surface area (Å²) >= 11 is 0. The van der Waals surface area contributed by atoms with Gasteiger partial charge >= 0.3 is 0 Å². The molecular weight excluding hydrogens is 306 g/mol. The van der Waals surface area contributed by atoms with Crippen LogP contribution in [0.5, 0.6) is 0 Å². The van der Waals surface area contributed by atoms with E-state index < -0.39 is 0 Å². The lowest BCUT2D eigenvalue weighted by Gasteiger charge is -2.20. The number of benzene rings is 1. The number of anilines is 1. The number of amides is 1. The van der Waals surface area contributed by atoms with Crippen molar-refractivity contribution in [2.24, 2.45) is 0 Å². The third kappa shape index (κ3) is 4.41. The van der Waals surface area contributed by atoms with Gasteiger partial charge in [-0.3, -0.25) is 9.69 Å². The molecule has 0 aliphatic carbocycles. The van der Waals surface area contributed by atoms with Gasteiger partial charge in [0.1, 0.15) is 11.6 Å². The highest BCUT2D eigenvalue weighted by Gasteiger charge is 2.16. The number of hydrogen-bond acceptors (Lipinski definition) is 5. The summed E-state index contributed by atoms with van der Waals surface area (Å²) in [6.45, 7) is 3.32. The first-order chi connectivity index (χ1) is 11.7. The zero-order valence-electron chi connectivity index (χ0n) is 13.6. The molecule has 0 spiro atoms. The Labute approximate surface area is 141 Å². The topological polar surface area (TPSA) is 94.2 Å². The predicted octanol–water partition coefficient (Wildman–Crippen LogP) is 1.39. The SMILES string of the molecule is CCCN(CCO)CC(=O)Nc1c(C#N)cnn1-c1ccccc1. The fourth-order valence-electron chi connectivity index (χ4n) is 2.42. The first kappa shape index (κ1) is 17.7. The number of nitriles is 1. The van der Waals surface area contributed by atoms with Gasteiger partial charge in [-0.2, -0.15) is 10.4 Å². The van der Waals surface area contributed by atoms with Crippen molar-refractivity contribution in [3.05, 3.63) is 42.1 Å². The number of carbonyl (C=O) groups is 1. The highest BCUT2D eigenvalue weighted by molar-refractivity contribution is 5.92. The van der Waals surface area contributed by atoms with Gasteiger partial charge in [-0.25, -0.2) is 4.68 Å². The standard InChI is InChI=1S/C17H21N5O2/c1-2-8-21(9-10-23)13-16(24)20-17-14(11-18)12-19-22(17)15-6-4-3-5-7-15/h3-7,12,23H,2,8-10,13H2,1H3,(H,20,24). The van der Waals surface area contributed by atoms with E-state index in [2.05, 4.69) is 10.4 Å². The smallest absolute Gasteiger partial charge is 0.239 e. The van der Waals surface area contributed by atoms with Gasteiger partial charge in [0.15, 0.2) is 5.82 Å². The predicted molar refractivity (Wildman–Crippen MR) is 90.7 cm³/mol. The average molecular weight is 327 g/mol. The third-order valence-corrected chi connectivity index (χ3v) is 3.47. The van der Waals surface area contributed by atoms with E-state index >= 15 is 0 Å². The second-order valence-electron chi connectivity index (χ2n) is 5.31. The van der Waals surface area contributed by atoms with E-state index in [1.165, 1.54) is 10.9 Å². The quantitative estimate of drug-likeness (QED) is 0.764. The van der Waals surface area contributed by atoms with Crippen molar-refractivity contribution >= 4 is 11.7 Å². The van der Waals surface area contributed by atoms with Crippen LogP contribution in [0, 0.1) is 11.3 Å². The molecule has 1 aromatic carbocycles. The van der Waals surface area contributed by atoms with E-state index in [1.807, 2.05) is 48.2 Å². The molecule has 2 rings (SSSR count). The second kappa shape index (κ2) is 8.82. The molecule has 1 heterocycles. The molecule has 0 unspecified atom stereocenters. The normalized spacial score (nSPS) is 10.6. The van der Waals surface area contributed by atoms with E-state index in [1.54, 1.807) is 0 Å². The number of aliphatic hydroxyl groups excluding tert-OH is 1. The highest BCUT2D eigenvalue weighted by atomic mass is 16.3. The van der Waals surface area contributed by atoms with E-state index in [4.69, 9.17) is 5.11 Å². The van der Waals surface area contributed by atoms with Gasteiger partial charge in [0, 0.05) is 6.54 Å². The maximum Gasteiger partial charge on any atom is 0.239 e. The van der Waals surface area contributed by atoms with E-state index in [9.17, 15) is 10.1 Å². The van der Waals surface area contributed by atoms with Gasteiger partial charge < -0.3 is 10.4 Å². The van der Waals surface area contributed by atoms with Gasteiger partial charge in [-0.1, -0.05) is 25.1 Å². The van der Waals surface area contributed by atoms with Gasteiger partial charge in [-0.05, 0) is 25.1 Å². The monoisotopic (exact) mass is 327 g/mol. The van der Waals surface area contributed by atoms with Gasteiger partial charge in [0.25, 0.3) is 0 Å². The number of nitrogens with zero attached hydrogens (tertiary/aromatic N) is 4. The Kier molecular flexibility index (Phi) is 6.49. The van der Waals surface area contributed by atoms with Crippen molar-refractivity contribution in [3.63, 3.8) is 0 Å². The Morgan fingerprint density at radius 3 is 2.75 bits per heavy atom. The van der Waals surface area contributed by atoms with Crippen molar-refractivity contribution in [2.75, 3.05) is 31.6 Å². The van der Waals surface area contributed by atoms with Crippen molar-refractivity contribution in [3.8, 4) is 11.8 Å². The molecule has 0 saturated carbocycles. The van der Waals surface area contributed by atoms with Gasteiger partial charge in [0.05, 0.1) is 25.0 Å². The summed E-state index contributed by atoms with van der Waals surface area (Å²) in [7, 11) is 0. The van der Waals surface area contributed by atoms with Crippen LogP contribution >= 0.6 is 0 Å². The minimum absolute atomic E-state index is 0.00132. The molecule has 24 heavy (non-hydrogen) atoms. The molecule has 2 N–H and O–H groups in total. The maximum atomic E-state index is 12.3. The summed E-state index contributed by atoms with van der Waals surface area (Å²) < 4.78 is 1.53. The highest BCUT2D eigenvalue weighted by Crippen LogP contribution is 2.19. The van der Waals surface area contributed by atoms with Crippen LogP contribution in [-0.2, 0) is 4.79 Å². The Bertz CT molecular complexity index is 700. The first-order valence-corrected chi connectivity index (χ1v) is 7.86. The van der Waals surface area contributed by atoms with Crippen molar-refractivity contribution in [1.29, 1.82) is 5.26 Å². The van der Waals surface area contributed by atoms with Crippen molar-refractivity contribution in [2.45, 2.75) is 13.3 Å². The lowest BCUT2D eigenvalue weighted by molar-refractivity contribution is -0.117. The van der Waals surface area contributed by atoms with Crippen LogP contribution in [0.15, 0.2) is 36.5 Å². The number of aromatic nitrogens is 2. The van der Waals surface area contributed by atoms with Crippen LogP contribution in [0.1, 0.15) is 18.9 Å². The molecule has 7 nitrogen and oxygen atoms in total. The Hall–Kier alpha value is -2.69. The molecule has 0 radical (unpaired) electrons. The Morgan fingerprint density at radius 2 is 2.12 bits per heavy atom. The zero-order chi connectivity index (χ0) is 17.4. The maximum absolute atomic E-state index is 12.3. The summed E-state index contributed by atoms with van der Waals surface area (Å²) in [5.74, 6) is 0.111. The lowest BCUT2D eigenvalue weighted by atomic mass is 10.3. The van der Waals surface area contributed by atoms with Crippen LogP contribution in [-0.4, -0.2) is 51.9 Å².